The Balaban J connectivity index is 1.42. The Morgan fingerprint density at radius 3 is 2.67 bits per heavy atom. The summed E-state index contributed by atoms with van der Waals surface area (Å²) in [6, 6.07) is 8.51. The van der Waals surface area contributed by atoms with Crippen LogP contribution in [-0.4, -0.2) is 56.8 Å². The summed E-state index contributed by atoms with van der Waals surface area (Å²) >= 11 is 0. The predicted molar refractivity (Wildman–Crippen MR) is 93.2 cm³/mol. The molecule has 0 radical (unpaired) electrons. The third kappa shape index (κ3) is 4.71. The molecule has 1 atom stereocenters. The van der Waals surface area contributed by atoms with Gasteiger partial charge in [0.1, 0.15) is 5.75 Å². The zero-order valence-electron chi connectivity index (χ0n) is 14.5. The Bertz CT molecular complexity index is 518. The van der Waals surface area contributed by atoms with Crippen molar-refractivity contribution in [3.8, 4) is 5.75 Å². The van der Waals surface area contributed by atoms with E-state index in [1.54, 1.807) is 7.11 Å². The molecule has 0 bridgehead atoms. The highest BCUT2D eigenvalue weighted by atomic mass is 16.5. The Hall–Kier alpha value is -1.59. The van der Waals surface area contributed by atoms with E-state index in [0.717, 1.165) is 51.3 Å². The van der Waals surface area contributed by atoms with Gasteiger partial charge in [0.25, 0.3) is 0 Å². The molecule has 1 amide bonds. The summed E-state index contributed by atoms with van der Waals surface area (Å²) in [5, 5.41) is 3.36. The fourth-order valence-electron chi connectivity index (χ4n) is 3.57. The van der Waals surface area contributed by atoms with Crippen LogP contribution in [0.25, 0.3) is 0 Å². The lowest BCUT2D eigenvalue weighted by atomic mass is 9.90. The molecule has 1 aromatic rings. The number of benzene rings is 1. The number of hydrogen-bond donors (Lipinski definition) is 1. The van der Waals surface area contributed by atoms with Crippen molar-refractivity contribution in [1.82, 2.24) is 10.2 Å². The number of rotatable bonds is 5. The molecule has 1 N–H and O–H groups in total. The van der Waals surface area contributed by atoms with Crippen LogP contribution in [-0.2, 0) is 16.0 Å². The van der Waals surface area contributed by atoms with Gasteiger partial charge in [0.05, 0.1) is 20.3 Å². The van der Waals surface area contributed by atoms with Gasteiger partial charge in [-0.25, -0.2) is 0 Å². The van der Waals surface area contributed by atoms with Crippen molar-refractivity contribution in [2.24, 2.45) is 5.92 Å². The largest absolute Gasteiger partial charge is 0.497 e. The number of piperidine rings is 1. The van der Waals surface area contributed by atoms with Crippen LogP contribution in [0.2, 0.25) is 0 Å². The highest BCUT2D eigenvalue weighted by Crippen LogP contribution is 2.23. The molecule has 0 aliphatic carbocycles. The van der Waals surface area contributed by atoms with Crippen LogP contribution in [0.4, 0.5) is 0 Å². The number of nitrogens with one attached hydrogen (secondary N) is 1. The molecule has 1 aromatic carbocycles. The molecular formula is C19H28N2O3. The van der Waals surface area contributed by atoms with Crippen LogP contribution in [0.15, 0.2) is 24.3 Å². The minimum atomic E-state index is 0.184. The molecule has 5 heteroatoms. The number of ether oxygens (including phenoxy) is 2. The molecule has 0 aromatic heterocycles. The monoisotopic (exact) mass is 332 g/mol. The fourth-order valence-corrected chi connectivity index (χ4v) is 3.57. The maximum absolute atomic E-state index is 12.4. The molecule has 2 saturated heterocycles. The maximum atomic E-state index is 12.4. The SMILES string of the molecule is COc1ccc(CC2CCN(C(=O)CC3COCCN3)CC2)cc1. The standard InChI is InChI=1S/C19H28N2O3/c1-23-18-4-2-15(3-5-18)12-16-6-9-21(10-7-16)19(22)13-17-14-24-11-8-20-17/h2-5,16-17,20H,6-14H2,1H3. The Morgan fingerprint density at radius 1 is 1.29 bits per heavy atom. The van der Waals surface area contributed by atoms with E-state index in [2.05, 4.69) is 17.4 Å². The number of likely N-dealkylation sites (tertiary alicyclic amines) is 1. The van der Waals surface area contributed by atoms with E-state index in [0.29, 0.717) is 18.9 Å². The van der Waals surface area contributed by atoms with E-state index in [1.807, 2.05) is 17.0 Å². The molecule has 5 nitrogen and oxygen atoms in total. The van der Waals surface area contributed by atoms with Gasteiger partial charge in [0, 0.05) is 32.1 Å². The van der Waals surface area contributed by atoms with E-state index >= 15 is 0 Å². The van der Waals surface area contributed by atoms with E-state index in [-0.39, 0.29) is 11.9 Å². The van der Waals surface area contributed by atoms with Crippen LogP contribution in [0.1, 0.15) is 24.8 Å². The second-order valence-corrected chi connectivity index (χ2v) is 6.81. The fraction of sp³-hybridized carbons (Fsp3) is 0.632. The Kier molecular flexibility index (Phi) is 6.10. The molecule has 1 unspecified atom stereocenters. The van der Waals surface area contributed by atoms with Gasteiger partial charge in [0.2, 0.25) is 5.91 Å². The average Bonchev–Trinajstić information content (AvgIpc) is 2.64. The minimum absolute atomic E-state index is 0.184. The first kappa shape index (κ1) is 17.2. The van der Waals surface area contributed by atoms with Gasteiger partial charge in [-0.2, -0.15) is 0 Å². The maximum Gasteiger partial charge on any atom is 0.224 e. The molecule has 3 rings (SSSR count). The van der Waals surface area contributed by atoms with Crippen LogP contribution < -0.4 is 10.1 Å². The molecule has 2 aliphatic rings. The number of nitrogens with zero attached hydrogens (tertiary/aromatic N) is 1. The lowest BCUT2D eigenvalue weighted by molar-refractivity contribution is -0.133. The summed E-state index contributed by atoms with van der Waals surface area (Å²) in [4.78, 5) is 14.4. The van der Waals surface area contributed by atoms with Gasteiger partial charge in [-0.1, -0.05) is 12.1 Å². The Labute approximate surface area is 144 Å². The summed E-state index contributed by atoms with van der Waals surface area (Å²) in [6.45, 7) is 4.02. The van der Waals surface area contributed by atoms with Crippen molar-refractivity contribution in [1.29, 1.82) is 0 Å². The Morgan fingerprint density at radius 2 is 2.04 bits per heavy atom. The van der Waals surface area contributed by atoms with Gasteiger partial charge in [0.15, 0.2) is 0 Å². The van der Waals surface area contributed by atoms with Crippen LogP contribution in [0, 0.1) is 5.92 Å². The van der Waals surface area contributed by atoms with Gasteiger partial charge in [-0.15, -0.1) is 0 Å². The quantitative estimate of drug-likeness (QED) is 0.894. The summed E-state index contributed by atoms with van der Waals surface area (Å²) in [6.07, 6.45) is 3.83. The summed E-state index contributed by atoms with van der Waals surface area (Å²) in [5.41, 5.74) is 1.35. The number of morpholine rings is 1. The number of carbonyl (C=O) groups excluding carboxylic acids is 1. The third-order valence-electron chi connectivity index (χ3n) is 5.07. The highest BCUT2D eigenvalue weighted by molar-refractivity contribution is 5.77. The van der Waals surface area contributed by atoms with Gasteiger partial charge in [-0.05, 0) is 42.9 Å². The van der Waals surface area contributed by atoms with Crippen molar-refractivity contribution in [3.63, 3.8) is 0 Å². The highest BCUT2D eigenvalue weighted by Gasteiger charge is 2.25. The zero-order valence-corrected chi connectivity index (χ0v) is 14.5. The summed E-state index contributed by atoms with van der Waals surface area (Å²) in [5.74, 6) is 1.83. The zero-order chi connectivity index (χ0) is 16.8. The molecule has 132 valence electrons. The van der Waals surface area contributed by atoms with Gasteiger partial charge < -0.3 is 19.7 Å². The van der Waals surface area contributed by atoms with Crippen LogP contribution in [0.5, 0.6) is 5.75 Å². The first-order valence-corrected chi connectivity index (χ1v) is 8.96. The molecular weight excluding hydrogens is 304 g/mol. The van der Waals surface area contributed by atoms with Gasteiger partial charge in [-0.3, -0.25) is 4.79 Å². The van der Waals surface area contributed by atoms with E-state index in [1.165, 1.54) is 5.56 Å². The van der Waals surface area contributed by atoms with Crippen molar-refractivity contribution in [3.05, 3.63) is 29.8 Å². The number of hydrogen-bond acceptors (Lipinski definition) is 4. The number of carbonyl (C=O) groups is 1. The molecule has 2 aliphatic heterocycles. The lowest BCUT2D eigenvalue weighted by Crippen LogP contribution is -2.46. The molecule has 0 spiro atoms. The second kappa shape index (κ2) is 8.49. The molecule has 2 heterocycles. The van der Waals surface area contributed by atoms with Gasteiger partial charge >= 0.3 is 0 Å². The van der Waals surface area contributed by atoms with E-state index in [4.69, 9.17) is 9.47 Å². The smallest absolute Gasteiger partial charge is 0.224 e. The first-order chi connectivity index (χ1) is 11.7. The average molecular weight is 332 g/mol. The van der Waals surface area contributed by atoms with Crippen LogP contribution in [0.3, 0.4) is 0 Å². The molecule has 2 fully saturated rings. The van der Waals surface area contributed by atoms with Crippen molar-refractivity contribution >= 4 is 5.91 Å². The minimum Gasteiger partial charge on any atom is -0.497 e. The lowest BCUT2D eigenvalue weighted by Gasteiger charge is -2.33. The molecule has 0 saturated carbocycles. The van der Waals surface area contributed by atoms with E-state index in [9.17, 15) is 4.79 Å². The van der Waals surface area contributed by atoms with Crippen molar-refractivity contribution < 1.29 is 14.3 Å². The normalized spacial score (nSPS) is 22.4. The summed E-state index contributed by atoms with van der Waals surface area (Å²) < 4.78 is 10.6. The number of amides is 1. The second-order valence-electron chi connectivity index (χ2n) is 6.81. The topological polar surface area (TPSA) is 50.8 Å². The predicted octanol–water partition coefficient (Wildman–Crippen LogP) is 1.85. The van der Waals surface area contributed by atoms with Crippen LogP contribution >= 0.6 is 0 Å². The number of methoxy groups -OCH3 is 1. The summed E-state index contributed by atoms with van der Waals surface area (Å²) in [7, 11) is 1.69. The molecule has 24 heavy (non-hydrogen) atoms. The van der Waals surface area contributed by atoms with Crippen molar-refractivity contribution in [2.45, 2.75) is 31.7 Å². The van der Waals surface area contributed by atoms with E-state index < -0.39 is 0 Å². The first-order valence-electron chi connectivity index (χ1n) is 8.96. The van der Waals surface area contributed by atoms with Crippen molar-refractivity contribution in [2.75, 3.05) is 40.0 Å². The third-order valence-corrected chi connectivity index (χ3v) is 5.07.